The molecule has 158 valence electrons. The summed E-state index contributed by atoms with van der Waals surface area (Å²) in [5.74, 6) is 0.0118. The van der Waals surface area contributed by atoms with Gasteiger partial charge in [-0.3, -0.25) is 9.59 Å². The fourth-order valence-corrected chi connectivity index (χ4v) is 4.55. The van der Waals surface area contributed by atoms with Gasteiger partial charge in [-0.2, -0.15) is 0 Å². The first kappa shape index (κ1) is 20.5. The number of rotatable bonds is 6. The molecule has 1 saturated carbocycles. The number of carbonyl (C=O) groups is 2. The van der Waals surface area contributed by atoms with Crippen LogP contribution < -0.4 is 15.1 Å². The van der Waals surface area contributed by atoms with Crippen LogP contribution in [0.1, 0.15) is 60.9 Å². The van der Waals surface area contributed by atoms with E-state index in [9.17, 15) is 9.59 Å². The van der Waals surface area contributed by atoms with Crippen LogP contribution in [-0.2, 0) is 11.3 Å². The molecule has 30 heavy (non-hydrogen) atoms. The molecule has 2 aromatic carbocycles. The molecule has 0 spiro atoms. The first-order valence-corrected chi connectivity index (χ1v) is 11.1. The Morgan fingerprint density at radius 1 is 1.07 bits per heavy atom. The van der Waals surface area contributed by atoms with E-state index in [1.165, 1.54) is 37.8 Å². The van der Waals surface area contributed by atoms with E-state index in [2.05, 4.69) is 41.5 Å². The molecule has 1 aliphatic carbocycles. The van der Waals surface area contributed by atoms with E-state index in [1.807, 2.05) is 12.1 Å². The van der Waals surface area contributed by atoms with Gasteiger partial charge < -0.3 is 15.1 Å². The predicted octanol–water partition coefficient (Wildman–Crippen LogP) is 4.51. The average Bonchev–Trinajstić information content (AvgIpc) is 3.24. The van der Waals surface area contributed by atoms with Gasteiger partial charge in [-0.25, -0.2) is 0 Å². The monoisotopic (exact) mass is 405 g/mol. The molecule has 0 unspecified atom stereocenters. The number of anilines is 2. The van der Waals surface area contributed by atoms with E-state index in [-0.39, 0.29) is 11.8 Å². The molecule has 1 aliphatic heterocycles. The fourth-order valence-electron chi connectivity index (χ4n) is 4.55. The van der Waals surface area contributed by atoms with Gasteiger partial charge in [0.25, 0.3) is 5.91 Å². The van der Waals surface area contributed by atoms with Gasteiger partial charge in [0.2, 0.25) is 5.91 Å². The molecule has 2 fully saturated rings. The van der Waals surface area contributed by atoms with E-state index >= 15 is 0 Å². The van der Waals surface area contributed by atoms with Crippen molar-refractivity contribution in [1.29, 1.82) is 0 Å². The second kappa shape index (κ2) is 9.33. The van der Waals surface area contributed by atoms with Gasteiger partial charge in [0.1, 0.15) is 0 Å². The Morgan fingerprint density at radius 2 is 1.83 bits per heavy atom. The molecule has 5 heteroatoms. The lowest BCUT2D eigenvalue weighted by Gasteiger charge is -2.33. The van der Waals surface area contributed by atoms with Crippen LogP contribution in [0.3, 0.4) is 0 Å². The van der Waals surface area contributed by atoms with Gasteiger partial charge in [-0.1, -0.05) is 37.5 Å². The van der Waals surface area contributed by atoms with Crippen LogP contribution in [0.4, 0.5) is 11.4 Å². The molecule has 5 nitrogen and oxygen atoms in total. The van der Waals surface area contributed by atoms with E-state index in [1.54, 1.807) is 17.0 Å². The second-order valence-corrected chi connectivity index (χ2v) is 8.45. The second-order valence-electron chi connectivity index (χ2n) is 8.45. The van der Waals surface area contributed by atoms with Crippen molar-refractivity contribution in [3.8, 4) is 0 Å². The largest absolute Gasteiger partial charge is 0.372 e. The Morgan fingerprint density at radius 3 is 2.53 bits per heavy atom. The summed E-state index contributed by atoms with van der Waals surface area (Å²) >= 11 is 0. The highest BCUT2D eigenvalue weighted by atomic mass is 16.2. The summed E-state index contributed by atoms with van der Waals surface area (Å²) < 4.78 is 0. The summed E-state index contributed by atoms with van der Waals surface area (Å²) in [4.78, 5) is 28.7. The molecule has 0 bridgehead atoms. The zero-order valence-corrected chi connectivity index (χ0v) is 17.8. The zero-order chi connectivity index (χ0) is 20.9. The standard InChI is InChI=1S/C25H31N3O2/c1-27(21-8-3-2-4-9-21)22-14-12-19(13-15-22)18-26-25(30)20-7-5-10-23(17-20)28-16-6-11-24(28)29/h5,7,10,12-15,17,21H,2-4,6,8-9,11,16,18H2,1H3,(H,26,30). The van der Waals surface area contributed by atoms with E-state index < -0.39 is 0 Å². The third-order valence-electron chi connectivity index (χ3n) is 6.41. The van der Waals surface area contributed by atoms with Crippen molar-refractivity contribution in [2.45, 2.75) is 57.5 Å². The molecule has 1 heterocycles. The smallest absolute Gasteiger partial charge is 0.251 e. The minimum absolute atomic E-state index is 0.119. The van der Waals surface area contributed by atoms with Crippen LogP contribution in [-0.4, -0.2) is 31.4 Å². The molecule has 2 aliphatic rings. The van der Waals surface area contributed by atoms with Crippen molar-refractivity contribution in [2.24, 2.45) is 0 Å². The first-order valence-electron chi connectivity index (χ1n) is 11.1. The fraction of sp³-hybridized carbons (Fsp3) is 0.440. The van der Waals surface area contributed by atoms with E-state index in [0.717, 1.165) is 24.2 Å². The van der Waals surface area contributed by atoms with Gasteiger partial charge in [-0.15, -0.1) is 0 Å². The average molecular weight is 406 g/mol. The Hall–Kier alpha value is -2.82. The Labute approximate surface area is 179 Å². The molecule has 0 aromatic heterocycles. The number of benzene rings is 2. The Bertz CT molecular complexity index is 888. The van der Waals surface area contributed by atoms with Crippen molar-refractivity contribution in [2.75, 3.05) is 23.4 Å². The van der Waals surface area contributed by atoms with Crippen LogP contribution in [0.5, 0.6) is 0 Å². The van der Waals surface area contributed by atoms with Crippen molar-refractivity contribution in [3.63, 3.8) is 0 Å². The molecule has 4 rings (SSSR count). The van der Waals surface area contributed by atoms with Crippen molar-refractivity contribution in [3.05, 3.63) is 59.7 Å². The lowest BCUT2D eigenvalue weighted by atomic mass is 9.94. The molecular weight excluding hydrogens is 374 g/mol. The minimum Gasteiger partial charge on any atom is -0.372 e. The molecule has 0 atom stereocenters. The lowest BCUT2D eigenvalue weighted by Crippen LogP contribution is -2.33. The predicted molar refractivity (Wildman–Crippen MR) is 121 cm³/mol. The number of carbonyl (C=O) groups excluding carboxylic acids is 2. The van der Waals surface area contributed by atoms with Crippen molar-refractivity contribution >= 4 is 23.2 Å². The van der Waals surface area contributed by atoms with Crippen molar-refractivity contribution < 1.29 is 9.59 Å². The normalized spacial score (nSPS) is 17.2. The SMILES string of the molecule is CN(c1ccc(CNC(=O)c2cccc(N3CCCC3=O)c2)cc1)C1CCCCC1. The van der Waals surface area contributed by atoms with Crippen LogP contribution >= 0.6 is 0 Å². The highest BCUT2D eigenvalue weighted by Crippen LogP contribution is 2.26. The van der Waals surface area contributed by atoms with Crippen LogP contribution in [0, 0.1) is 0 Å². The maximum atomic E-state index is 12.6. The van der Waals surface area contributed by atoms with Gasteiger partial charge >= 0.3 is 0 Å². The zero-order valence-electron chi connectivity index (χ0n) is 17.8. The highest BCUT2D eigenvalue weighted by molar-refractivity contribution is 5.99. The van der Waals surface area contributed by atoms with Crippen molar-refractivity contribution in [1.82, 2.24) is 5.32 Å². The summed E-state index contributed by atoms with van der Waals surface area (Å²) in [6, 6.07) is 16.4. The maximum Gasteiger partial charge on any atom is 0.251 e. The Balaban J connectivity index is 1.34. The first-order chi connectivity index (χ1) is 14.6. The number of amides is 2. The van der Waals surface area contributed by atoms with Gasteiger partial charge in [0.15, 0.2) is 0 Å². The summed E-state index contributed by atoms with van der Waals surface area (Å²) in [5, 5.41) is 3.00. The van der Waals surface area contributed by atoms with Gasteiger partial charge in [0, 0.05) is 49.5 Å². The molecule has 0 radical (unpaired) electrons. The lowest BCUT2D eigenvalue weighted by molar-refractivity contribution is -0.117. The molecule has 1 N–H and O–H groups in total. The third kappa shape index (κ3) is 4.66. The number of nitrogens with zero attached hydrogens (tertiary/aromatic N) is 2. The van der Waals surface area contributed by atoms with Crippen LogP contribution in [0.25, 0.3) is 0 Å². The summed E-state index contributed by atoms with van der Waals surface area (Å²) in [5.41, 5.74) is 3.70. The third-order valence-corrected chi connectivity index (χ3v) is 6.41. The Kier molecular flexibility index (Phi) is 6.36. The van der Waals surface area contributed by atoms with Crippen LogP contribution in [0.2, 0.25) is 0 Å². The van der Waals surface area contributed by atoms with E-state index in [0.29, 0.717) is 24.6 Å². The minimum atomic E-state index is -0.119. The summed E-state index contributed by atoms with van der Waals surface area (Å²) in [6.45, 7) is 1.21. The summed E-state index contributed by atoms with van der Waals surface area (Å²) in [6.07, 6.45) is 8.02. The molecular formula is C25H31N3O2. The quantitative estimate of drug-likeness (QED) is 0.769. The number of hydrogen-bond donors (Lipinski definition) is 1. The highest BCUT2D eigenvalue weighted by Gasteiger charge is 2.22. The number of hydrogen-bond acceptors (Lipinski definition) is 3. The van der Waals surface area contributed by atoms with E-state index in [4.69, 9.17) is 0 Å². The van der Waals surface area contributed by atoms with Gasteiger partial charge in [-0.05, 0) is 55.2 Å². The van der Waals surface area contributed by atoms with Crippen LogP contribution in [0.15, 0.2) is 48.5 Å². The molecule has 1 saturated heterocycles. The topological polar surface area (TPSA) is 52.7 Å². The molecule has 2 aromatic rings. The summed E-state index contributed by atoms with van der Waals surface area (Å²) in [7, 11) is 2.19. The molecule has 2 amide bonds. The van der Waals surface area contributed by atoms with Gasteiger partial charge in [0.05, 0.1) is 0 Å². The maximum absolute atomic E-state index is 12.6. The number of nitrogens with one attached hydrogen (secondary N) is 1.